The van der Waals surface area contributed by atoms with Gasteiger partial charge in [0, 0.05) is 6.04 Å². The van der Waals surface area contributed by atoms with Crippen molar-refractivity contribution in [1.82, 2.24) is 10.2 Å². The van der Waals surface area contributed by atoms with Crippen LogP contribution in [0.5, 0.6) is 0 Å². The molecule has 1 saturated heterocycles. The largest absolute Gasteiger partial charge is 0.480 e. The molecule has 1 rings (SSSR count). The summed E-state index contributed by atoms with van der Waals surface area (Å²) in [5.41, 5.74) is -0.531. The monoisotopic (exact) mass is 304 g/mol. The SMILES string of the molecule is CCSCCC(C)NC(=O)N1CC(C)(OCC(=O)O)C1. The zero-order valence-corrected chi connectivity index (χ0v) is 13.2. The second kappa shape index (κ2) is 7.73. The highest BCUT2D eigenvalue weighted by Crippen LogP contribution is 2.24. The van der Waals surface area contributed by atoms with Gasteiger partial charge in [-0.1, -0.05) is 6.92 Å². The van der Waals surface area contributed by atoms with Crippen molar-refractivity contribution < 1.29 is 19.4 Å². The van der Waals surface area contributed by atoms with Crippen molar-refractivity contribution in [3.63, 3.8) is 0 Å². The highest BCUT2D eigenvalue weighted by atomic mass is 32.2. The molecule has 20 heavy (non-hydrogen) atoms. The van der Waals surface area contributed by atoms with Crippen molar-refractivity contribution in [2.24, 2.45) is 0 Å². The van der Waals surface area contributed by atoms with E-state index >= 15 is 0 Å². The summed E-state index contributed by atoms with van der Waals surface area (Å²) in [6, 6.07) is 0.0451. The zero-order chi connectivity index (χ0) is 15.2. The lowest BCUT2D eigenvalue weighted by Gasteiger charge is -2.47. The van der Waals surface area contributed by atoms with Gasteiger partial charge in [-0.15, -0.1) is 0 Å². The smallest absolute Gasteiger partial charge is 0.329 e. The number of carbonyl (C=O) groups is 2. The Morgan fingerprint density at radius 3 is 2.70 bits per heavy atom. The predicted molar refractivity (Wildman–Crippen MR) is 79.2 cm³/mol. The first-order valence-electron chi connectivity index (χ1n) is 6.85. The van der Waals surface area contributed by atoms with E-state index in [4.69, 9.17) is 9.84 Å². The maximum atomic E-state index is 11.9. The van der Waals surface area contributed by atoms with Crippen molar-refractivity contribution in [2.45, 2.75) is 38.8 Å². The summed E-state index contributed by atoms with van der Waals surface area (Å²) in [6.45, 7) is 6.47. The minimum Gasteiger partial charge on any atom is -0.480 e. The highest BCUT2D eigenvalue weighted by molar-refractivity contribution is 7.99. The fourth-order valence-corrected chi connectivity index (χ4v) is 2.82. The molecule has 116 valence electrons. The van der Waals surface area contributed by atoms with Crippen LogP contribution >= 0.6 is 11.8 Å². The Hall–Kier alpha value is -0.950. The molecular formula is C13H24N2O4S. The van der Waals surface area contributed by atoms with Gasteiger partial charge in [0.05, 0.1) is 13.1 Å². The van der Waals surface area contributed by atoms with Gasteiger partial charge in [0.1, 0.15) is 12.2 Å². The van der Waals surface area contributed by atoms with E-state index in [1.165, 1.54) is 0 Å². The summed E-state index contributed by atoms with van der Waals surface area (Å²) in [5.74, 6) is 1.14. The number of amides is 2. The van der Waals surface area contributed by atoms with Gasteiger partial charge in [0.2, 0.25) is 0 Å². The topological polar surface area (TPSA) is 78.9 Å². The first kappa shape index (κ1) is 17.1. The quantitative estimate of drug-likeness (QED) is 0.663. The molecule has 0 saturated carbocycles. The third kappa shape index (κ3) is 5.58. The number of rotatable bonds is 8. The molecule has 0 aromatic carbocycles. The molecule has 1 aliphatic heterocycles. The molecule has 2 N–H and O–H groups in total. The number of hydrogen-bond acceptors (Lipinski definition) is 4. The van der Waals surface area contributed by atoms with Crippen LogP contribution in [-0.4, -0.2) is 64.9 Å². The summed E-state index contributed by atoms with van der Waals surface area (Å²) in [6.07, 6.45) is 0.949. The molecular weight excluding hydrogens is 280 g/mol. The molecule has 1 heterocycles. The number of carboxylic acids is 1. The molecule has 0 aromatic heterocycles. The van der Waals surface area contributed by atoms with Gasteiger partial charge in [0.25, 0.3) is 0 Å². The molecule has 1 unspecified atom stereocenters. The Labute approximate surface area is 124 Å². The van der Waals surface area contributed by atoms with Gasteiger partial charge >= 0.3 is 12.0 Å². The molecule has 0 aromatic rings. The lowest BCUT2D eigenvalue weighted by molar-refractivity contribution is -0.159. The number of hydrogen-bond donors (Lipinski definition) is 2. The summed E-state index contributed by atoms with van der Waals surface area (Å²) < 4.78 is 5.27. The summed E-state index contributed by atoms with van der Waals surface area (Å²) in [4.78, 5) is 24.0. The van der Waals surface area contributed by atoms with Gasteiger partial charge in [0.15, 0.2) is 0 Å². The first-order valence-corrected chi connectivity index (χ1v) is 8.00. The van der Waals surface area contributed by atoms with E-state index in [0.717, 1.165) is 17.9 Å². The number of thioether (sulfide) groups is 1. The molecule has 0 radical (unpaired) electrons. The van der Waals surface area contributed by atoms with E-state index in [-0.39, 0.29) is 18.7 Å². The number of nitrogens with zero attached hydrogens (tertiary/aromatic N) is 1. The summed E-state index contributed by atoms with van der Waals surface area (Å²) in [7, 11) is 0. The van der Waals surface area contributed by atoms with Gasteiger partial charge < -0.3 is 20.1 Å². The number of nitrogens with one attached hydrogen (secondary N) is 1. The van der Waals surface area contributed by atoms with Gasteiger partial charge in [-0.25, -0.2) is 9.59 Å². The standard InChI is InChI=1S/C13H24N2O4S/c1-4-20-6-5-10(2)14-12(18)15-8-13(3,9-15)19-7-11(16)17/h10H,4-9H2,1-3H3,(H,14,18)(H,16,17). The van der Waals surface area contributed by atoms with E-state index in [0.29, 0.717) is 13.1 Å². The van der Waals surface area contributed by atoms with Crippen LogP contribution in [-0.2, 0) is 9.53 Å². The lowest BCUT2D eigenvalue weighted by atomic mass is 9.97. The third-order valence-corrected chi connectivity index (χ3v) is 4.08. The molecule has 1 atom stereocenters. The lowest BCUT2D eigenvalue weighted by Crippen LogP contribution is -2.65. The summed E-state index contributed by atoms with van der Waals surface area (Å²) >= 11 is 1.86. The Morgan fingerprint density at radius 2 is 2.15 bits per heavy atom. The van der Waals surface area contributed by atoms with Gasteiger partial charge in [-0.2, -0.15) is 11.8 Å². The Kier molecular flexibility index (Phi) is 6.61. The van der Waals surface area contributed by atoms with Crippen LogP contribution in [0.25, 0.3) is 0 Å². The van der Waals surface area contributed by atoms with Crippen LogP contribution in [0.4, 0.5) is 4.79 Å². The average Bonchev–Trinajstić information content (AvgIpc) is 2.33. The van der Waals surface area contributed by atoms with Gasteiger partial charge in [-0.05, 0) is 31.8 Å². The molecule has 0 bridgehead atoms. The fourth-order valence-electron chi connectivity index (χ4n) is 2.01. The van der Waals surface area contributed by atoms with Crippen LogP contribution in [0.1, 0.15) is 27.2 Å². The minimum atomic E-state index is -0.990. The second-order valence-electron chi connectivity index (χ2n) is 5.32. The number of carbonyl (C=O) groups excluding carboxylic acids is 1. The zero-order valence-electron chi connectivity index (χ0n) is 12.3. The van der Waals surface area contributed by atoms with Crippen LogP contribution in [0.15, 0.2) is 0 Å². The first-order chi connectivity index (χ1) is 9.36. The van der Waals surface area contributed by atoms with E-state index in [1.54, 1.807) is 4.90 Å². The van der Waals surface area contributed by atoms with Crippen LogP contribution < -0.4 is 5.32 Å². The second-order valence-corrected chi connectivity index (χ2v) is 6.72. The molecule has 1 aliphatic rings. The molecule has 6 nitrogen and oxygen atoms in total. The highest BCUT2D eigenvalue weighted by Gasteiger charge is 2.42. The average molecular weight is 304 g/mol. The van der Waals surface area contributed by atoms with Crippen LogP contribution in [0.3, 0.4) is 0 Å². The van der Waals surface area contributed by atoms with Crippen molar-refractivity contribution in [3.05, 3.63) is 0 Å². The predicted octanol–water partition coefficient (Wildman–Crippen LogP) is 1.40. The van der Waals surface area contributed by atoms with Crippen molar-refractivity contribution in [1.29, 1.82) is 0 Å². The maximum Gasteiger partial charge on any atom is 0.329 e. The number of likely N-dealkylation sites (tertiary alicyclic amines) is 1. The van der Waals surface area contributed by atoms with E-state index in [9.17, 15) is 9.59 Å². The third-order valence-electron chi connectivity index (χ3n) is 3.15. The summed E-state index contributed by atoms with van der Waals surface area (Å²) in [5, 5.41) is 11.5. The van der Waals surface area contributed by atoms with Crippen molar-refractivity contribution in [2.75, 3.05) is 31.2 Å². The van der Waals surface area contributed by atoms with Crippen molar-refractivity contribution in [3.8, 4) is 0 Å². The minimum absolute atomic E-state index is 0.101. The molecule has 0 spiro atoms. The van der Waals surface area contributed by atoms with Crippen LogP contribution in [0.2, 0.25) is 0 Å². The van der Waals surface area contributed by atoms with E-state index in [2.05, 4.69) is 12.2 Å². The number of urea groups is 1. The number of aliphatic carboxylic acids is 1. The Bertz CT molecular complexity index is 345. The fraction of sp³-hybridized carbons (Fsp3) is 0.846. The number of carboxylic acid groups (broad SMARTS) is 1. The van der Waals surface area contributed by atoms with Gasteiger partial charge in [-0.3, -0.25) is 0 Å². The van der Waals surface area contributed by atoms with Crippen molar-refractivity contribution >= 4 is 23.8 Å². The molecule has 2 amide bonds. The normalized spacial score (nSPS) is 18.2. The molecule has 7 heteroatoms. The number of ether oxygens (including phenoxy) is 1. The van der Waals surface area contributed by atoms with E-state index in [1.807, 2.05) is 25.6 Å². The Balaban J connectivity index is 2.22. The van der Waals surface area contributed by atoms with E-state index < -0.39 is 11.6 Å². The molecule has 0 aliphatic carbocycles. The maximum absolute atomic E-state index is 11.9. The van der Waals surface area contributed by atoms with Crippen LogP contribution in [0, 0.1) is 0 Å². The molecule has 1 fully saturated rings. The Morgan fingerprint density at radius 1 is 1.50 bits per heavy atom.